The Labute approximate surface area is 126 Å². The summed E-state index contributed by atoms with van der Waals surface area (Å²) in [7, 11) is 0. The molecule has 5 N–H and O–H groups in total. The minimum atomic E-state index is -1.59. The Balaban J connectivity index is 2.15. The number of aliphatic hydroxyl groups excluding tert-OH is 4. The van der Waals surface area contributed by atoms with Gasteiger partial charge in [-0.1, -0.05) is 12.1 Å². The quantitative estimate of drug-likeness (QED) is 0.465. The second kappa shape index (κ2) is 7.02. The maximum Gasteiger partial charge on any atom is 0.188 e. The number of aliphatic hydroxyl groups is 4. The number of nitrogens with zero attached hydrogens (tertiary/aromatic N) is 1. The van der Waals surface area contributed by atoms with Crippen molar-refractivity contribution in [3.63, 3.8) is 0 Å². The zero-order chi connectivity index (χ0) is 16.3. The van der Waals surface area contributed by atoms with Gasteiger partial charge in [-0.25, -0.2) is 0 Å². The fourth-order valence-electron chi connectivity index (χ4n) is 2.19. The number of nitriles is 1. The van der Waals surface area contributed by atoms with E-state index in [1.165, 1.54) is 24.3 Å². The fraction of sp³-hybridized carbons (Fsp3) is 0.500. The van der Waals surface area contributed by atoms with Crippen LogP contribution in [0.2, 0.25) is 0 Å². The van der Waals surface area contributed by atoms with Crippen molar-refractivity contribution >= 4 is 0 Å². The zero-order valence-corrected chi connectivity index (χ0v) is 11.5. The van der Waals surface area contributed by atoms with Crippen molar-refractivity contribution in [2.24, 2.45) is 0 Å². The van der Waals surface area contributed by atoms with Crippen LogP contribution in [-0.2, 0) is 9.47 Å². The number of phenols is 1. The van der Waals surface area contributed by atoms with Crippen LogP contribution in [0.3, 0.4) is 0 Å². The molecule has 1 heterocycles. The maximum atomic E-state index is 9.87. The maximum absolute atomic E-state index is 9.87. The molecule has 22 heavy (non-hydrogen) atoms. The SMILES string of the molecule is N#C[C@H](O[C@H]1O[C@H](CO)[C@@H](O)[C@H](O)[C@H]1O)c1cccc(O)c1. The summed E-state index contributed by atoms with van der Waals surface area (Å²) in [5, 5.41) is 56.9. The molecule has 0 radical (unpaired) electrons. The van der Waals surface area contributed by atoms with E-state index in [2.05, 4.69) is 0 Å². The van der Waals surface area contributed by atoms with Crippen LogP contribution in [0, 0.1) is 11.3 Å². The molecule has 1 saturated heterocycles. The molecule has 6 atom stereocenters. The van der Waals surface area contributed by atoms with Gasteiger partial charge in [0.25, 0.3) is 0 Å². The first kappa shape index (κ1) is 16.6. The first-order chi connectivity index (χ1) is 10.5. The van der Waals surface area contributed by atoms with Crippen molar-refractivity contribution in [1.29, 1.82) is 5.26 Å². The molecule has 1 aromatic carbocycles. The van der Waals surface area contributed by atoms with Gasteiger partial charge in [0, 0.05) is 0 Å². The lowest BCUT2D eigenvalue weighted by Crippen LogP contribution is -2.59. The lowest BCUT2D eigenvalue weighted by molar-refractivity contribution is -0.307. The molecule has 2 rings (SSSR count). The monoisotopic (exact) mass is 311 g/mol. The molecule has 8 nitrogen and oxygen atoms in total. The van der Waals surface area contributed by atoms with E-state index in [4.69, 9.17) is 14.6 Å². The van der Waals surface area contributed by atoms with Gasteiger partial charge in [0.05, 0.1) is 12.7 Å². The molecular weight excluding hydrogens is 294 g/mol. The molecule has 0 aliphatic carbocycles. The van der Waals surface area contributed by atoms with E-state index >= 15 is 0 Å². The van der Waals surface area contributed by atoms with Gasteiger partial charge in [0.1, 0.15) is 30.2 Å². The van der Waals surface area contributed by atoms with Gasteiger partial charge in [0.15, 0.2) is 12.4 Å². The van der Waals surface area contributed by atoms with Crippen LogP contribution in [0.25, 0.3) is 0 Å². The van der Waals surface area contributed by atoms with E-state index in [0.29, 0.717) is 5.56 Å². The van der Waals surface area contributed by atoms with Gasteiger partial charge >= 0.3 is 0 Å². The van der Waals surface area contributed by atoms with Crippen LogP contribution in [0.1, 0.15) is 11.7 Å². The van der Waals surface area contributed by atoms with Crippen LogP contribution in [-0.4, -0.2) is 62.8 Å². The Morgan fingerprint density at radius 1 is 1.23 bits per heavy atom. The molecule has 1 aliphatic heterocycles. The zero-order valence-electron chi connectivity index (χ0n) is 11.5. The average molecular weight is 311 g/mol. The summed E-state index contributed by atoms with van der Waals surface area (Å²) in [5.74, 6) is -0.0600. The minimum absolute atomic E-state index is 0.0600. The van der Waals surface area contributed by atoms with Crippen LogP contribution in [0.15, 0.2) is 24.3 Å². The molecule has 0 spiro atoms. The first-order valence-corrected chi connectivity index (χ1v) is 6.62. The Morgan fingerprint density at radius 2 is 1.95 bits per heavy atom. The molecule has 120 valence electrons. The van der Waals surface area contributed by atoms with Crippen molar-refractivity contribution in [3.8, 4) is 11.8 Å². The summed E-state index contributed by atoms with van der Waals surface area (Å²) < 4.78 is 10.5. The number of benzene rings is 1. The Morgan fingerprint density at radius 3 is 2.55 bits per heavy atom. The van der Waals surface area contributed by atoms with Gasteiger partial charge in [-0.15, -0.1) is 0 Å². The highest BCUT2D eigenvalue weighted by molar-refractivity contribution is 5.31. The molecule has 0 aromatic heterocycles. The van der Waals surface area contributed by atoms with Crippen LogP contribution in [0.4, 0.5) is 0 Å². The third-order valence-corrected chi connectivity index (χ3v) is 3.41. The van der Waals surface area contributed by atoms with Gasteiger partial charge in [-0.3, -0.25) is 0 Å². The molecule has 0 amide bonds. The summed E-state index contributed by atoms with van der Waals surface area (Å²) in [6.45, 7) is -0.589. The molecule has 1 aromatic rings. The van der Waals surface area contributed by atoms with Crippen molar-refractivity contribution in [1.82, 2.24) is 0 Å². The Kier molecular flexibility index (Phi) is 5.31. The second-order valence-corrected chi connectivity index (χ2v) is 4.94. The summed E-state index contributed by atoms with van der Waals surface area (Å²) in [4.78, 5) is 0. The number of hydrogen-bond donors (Lipinski definition) is 5. The highest BCUT2D eigenvalue weighted by Gasteiger charge is 2.45. The largest absolute Gasteiger partial charge is 0.508 e. The number of aromatic hydroxyl groups is 1. The second-order valence-electron chi connectivity index (χ2n) is 4.94. The van der Waals surface area contributed by atoms with Crippen molar-refractivity contribution in [2.45, 2.75) is 36.8 Å². The van der Waals surface area contributed by atoms with Crippen LogP contribution >= 0.6 is 0 Å². The highest BCUT2D eigenvalue weighted by atomic mass is 16.7. The molecule has 1 aliphatic rings. The summed E-state index contributed by atoms with van der Waals surface area (Å²) in [6.07, 6.45) is -8.38. The summed E-state index contributed by atoms with van der Waals surface area (Å²) in [5.41, 5.74) is 0.333. The normalized spacial score (nSPS) is 33.1. The van der Waals surface area contributed by atoms with E-state index in [1.807, 2.05) is 6.07 Å². The van der Waals surface area contributed by atoms with Crippen molar-refractivity contribution < 1.29 is 35.0 Å². The van der Waals surface area contributed by atoms with E-state index in [9.17, 15) is 25.7 Å². The third kappa shape index (κ3) is 3.36. The van der Waals surface area contributed by atoms with Crippen LogP contribution < -0.4 is 0 Å². The highest BCUT2D eigenvalue weighted by Crippen LogP contribution is 2.28. The molecule has 0 unspecified atom stereocenters. The topological polar surface area (TPSA) is 143 Å². The van der Waals surface area contributed by atoms with E-state index < -0.39 is 43.4 Å². The standard InChI is InChI=1S/C14H17NO7/c15-5-9(7-2-1-3-8(17)4-7)21-14-13(20)12(19)11(18)10(6-16)22-14/h1-4,9-14,16-20H,6H2/t9-,10+,11+,12-,13+,14-/m0/s1. The number of rotatable bonds is 4. The summed E-state index contributed by atoms with van der Waals surface area (Å²) in [6, 6.07) is 7.64. The number of ether oxygens (including phenoxy) is 2. The Bertz CT molecular complexity index is 544. The summed E-state index contributed by atoms with van der Waals surface area (Å²) >= 11 is 0. The first-order valence-electron chi connectivity index (χ1n) is 6.62. The Hall–Kier alpha value is -1.73. The van der Waals surface area contributed by atoms with Crippen molar-refractivity contribution in [2.75, 3.05) is 6.61 Å². The molecule has 1 fully saturated rings. The number of hydrogen-bond acceptors (Lipinski definition) is 8. The lowest BCUT2D eigenvalue weighted by atomic mass is 9.99. The number of phenolic OH excluding ortho intramolecular Hbond substituents is 1. The molecular formula is C14H17NO7. The molecule has 8 heteroatoms. The van der Waals surface area contributed by atoms with E-state index in [1.54, 1.807) is 0 Å². The van der Waals surface area contributed by atoms with Gasteiger partial charge in [0.2, 0.25) is 0 Å². The molecule has 0 bridgehead atoms. The van der Waals surface area contributed by atoms with Gasteiger partial charge in [-0.2, -0.15) is 5.26 Å². The predicted molar refractivity (Wildman–Crippen MR) is 71.3 cm³/mol. The van der Waals surface area contributed by atoms with Gasteiger partial charge < -0.3 is 35.0 Å². The van der Waals surface area contributed by atoms with E-state index in [-0.39, 0.29) is 5.75 Å². The minimum Gasteiger partial charge on any atom is -0.508 e. The smallest absolute Gasteiger partial charge is 0.188 e. The third-order valence-electron chi connectivity index (χ3n) is 3.41. The van der Waals surface area contributed by atoms with E-state index in [0.717, 1.165) is 0 Å². The van der Waals surface area contributed by atoms with Crippen LogP contribution in [0.5, 0.6) is 5.75 Å². The predicted octanol–water partition coefficient (Wildman–Crippen LogP) is -1.23. The average Bonchev–Trinajstić information content (AvgIpc) is 2.52. The molecule has 0 saturated carbocycles. The fourth-order valence-corrected chi connectivity index (χ4v) is 2.19. The lowest BCUT2D eigenvalue weighted by Gasteiger charge is -2.40. The van der Waals surface area contributed by atoms with Crippen molar-refractivity contribution in [3.05, 3.63) is 29.8 Å². The van der Waals surface area contributed by atoms with Gasteiger partial charge in [-0.05, 0) is 17.7 Å².